The predicted octanol–water partition coefficient (Wildman–Crippen LogP) is 3.00. The van der Waals surface area contributed by atoms with Gasteiger partial charge in [0.05, 0.1) is 19.6 Å². The Balaban J connectivity index is -0.000000362. The van der Waals surface area contributed by atoms with Gasteiger partial charge in [-0.1, -0.05) is 53.7 Å². The maximum atomic E-state index is 11.1. The van der Waals surface area contributed by atoms with Gasteiger partial charge in [-0.2, -0.15) is 0 Å². The molecule has 0 atom stereocenters. The monoisotopic (exact) mass is 376 g/mol. The van der Waals surface area contributed by atoms with Gasteiger partial charge < -0.3 is 10.2 Å². The molecule has 0 spiro atoms. The van der Waals surface area contributed by atoms with Crippen LogP contribution in [0.25, 0.3) is 0 Å². The largest absolute Gasteiger partial charge is 0.480 e. The Morgan fingerprint density at radius 3 is 1.23 bits per heavy atom. The molecule has 0 aromatic rings. The lowest BCUT2D eigenvalue weighted by Crippen LogP contribution is -2.41. The smallest absolute Gasteiger partial charge is 0.317 e. The van der Waals surface area contributed by atoms with Gasteiger partial charge in [-0.25, -0.2) is 0 Å². The van der Waals surface area contributed by atoms with E-state index in [0.717, 1.165) is 5.57 Å². The third-order valence-corrected chi connectivity index (χ3v) is 2.39. The fourth-order valence-electron chi connectivity index (χ4n) is 1.79. The zero-order chi connectivity index (χ0) is 21.7. The molecule has 0 heterocycles. The summed E-state index contributed by atoms with van der Waals surface area (Å²) in [7, 11) is 0. The summed E-state index contributed by atoms with van der Waals surface area (Å²) in [5.74, 6) is -2.10. The van der Waals surface area contributed by atoms with Gasteiger partial charge >= 0.3 is 11.9 Å². The molecular formula is C19H40N2O5. The number of carbonyl (C=O) groups is 3. The van der Waals surface area contributed by atoms with E-state index in [1.54, 1.807) is 11.8 Å². The SMILES string of the molecule is C=C(C)CN(CCN(CC(C)=O)CC(=O)O)CC(=O)O.CC.CC.CC. The second kappa shape index (κ2) is 23.3. The molecule has 0 bridgehead atoms. The van der Waals surface area contributed by atoms with Crippen molar-refractivity contribution in [1.29, 1.82) is 0 Å². The van der Waals surface area contributed by atoms with Crippen molar-refractivity contribution < 1.29 is 24.6 Å². The molecule has 26 heavy (non-hydrogen) atoms. The van der Waals surface area contributed by atoms with E-state index in [1.807, 2.05) is 41.5 Å². The number of hydrogen-bond donors (Lipinski definition) is 2. The minimum Gasteiger partial charge on any atom is -0.480 e. The number of aliphatic carboxylic acids is 2. The Labute approximate surface area is 159 Å². The van der Waals surface area contributed by atoms with E-state index in [-0.39, 0.29) is 25.4 Å². The van der Waals surface area contributed by atoms with Crippen LogP contribution in [-0.4, -0.2) is 77.0 Å². The van der Waals surface area contributed by atoms with Gasteiger partial charge in [0, 0.05) is 19.6 Å². The van der Waals surface area contributed by atoms with E-state index in [2.05, 4.69) is 6.58 Å². The third-order valence-electron chi connectivity index (χ3n) is 2.39. The van der Waals surface area contributed by atoms with Crippen molar-refractivity contribution in [3.05, 3.63) is 12.2 Å². The van der Waals surface area contributed by atoms with Gasteiger partial charge in [0.2, 0.25) is 0 Å². The Kier molecular flexibility index (Phi) is 28.6. The maximum Gasteiger partial charge on any atom is 0.317 e. The molecule has 0 fully saturated rings. The standard InChI is InChI=1S/C13H22N2O5.3C2H6/c1-10(2)6-14(8-12(17)18)4-5-15(7-11(3)16)9-13(19)20;3*1-2/h1,4-9H2,2-3H3,(H,17,18)(H,19,20);3*1-2H3. The molecule has 0 aromatic carbocycles. The predicted molar refractivity (Wildman–Crippen MR) is 108 cm³/mol. The van der Waals surface area contributed by atoms with E-state index in [9.17, 15) is 14.4 Å². The highest BCUT2D eigenvalue weighted by molar-refractivity contribution is 5.78. The lowest BCUT2D eigenvalue weighted by Gasteiger charge is -2.25. The normalized spacial score (nSPS) is 9.00. The fraction of sp³-hybridized carbons (Fsp3) is 0.737. The summed E-state index contributed by atoms with van der Waals surface area (Å²) in [5, 5.41) is 17.6. The first-order valence-corrected chi connectivity index (χ1v) is 9.22. The number of carbonyl (C=O) groups excluding carboxylic acids is 1. The molecule has 2 N–H and O–H groups in total. The van der Waals surface area contributed by atoms with Crippen molar-refractivity contribution in [3.63, 3.8) is 0 Å². The highest BCUT2D eigenvalue weighted by Gasteiger charge is 2.15. The van der Waals surface area contributed by atoms with Crippen molar-refractivity contribution in [1.82, 2.24) is 9.80 Å². The van der Waals surface area contributed by atoms with Crippen molar-refractivity contribution in [2.24, 2.45) is 0 Å². The van der Waals surface area contributed by atoms with Gasteiger partial charge in [-0.15, -0.1) is 0 Å². The van der Waals surface area contributed by atoms with Gasteiger partial charge in [-0.3, -0.25) is 24.2 Å². The number of rotatable bonds is 11. The summed E-state index contributed by atoms with van der Waals surface area (Å²) in [4.78, 5) is 35.7. The summed E-state index contributed by atoms with van der Waals surface area (Å²) >= 11 is 0. The fourth-order valence-corrected chi connectivity index (χ4v) is 1.79. The van der Waals surface area contributed by atoms with E-state index in [4.69, 9.17) is 10.2 Å². The first-order chi connectivity index (χ1) is 12.2. The number of nitrogens with zero attached hydrogens (tertiary/aromatic N) is 2. The van der Waals surface area contributed by atoms with Crippen LogP contribution >= 0.6 is 0 Å². The molecule has 7 nitrogen and oxygen atoms in total. The average Bonchev–Trinajstić information content (AvgIpc) is 2.56. The first-order valence-electron chi connectivity index (χ1n) is 9.22. The summed E-state index contributed by atoms with van der Waals surface area (Å²) in [5.41, 5.74) is 0.822. The van der Waals surface area contributed by atoms with Gasteiger partial charge in [-0.05, 0) is 13.8 Å². The van der Waals surface area contributed by atoms with Crippen molar-refractivity contribution in [2.75, 3.05) is 39.3 Å². The average molecular weight is 377 g/mol. The summed E-state index contributed by atoms with van der Waals surface area (Å²) < 4.78 is 0. The van der Waals surface area contributed by atoms with Gasteiger partial charge in [0.1, 0.15) is 5.78 Å². The Hall–Kier alpha value is -1.73. The van der Waals surface area contributed by atoms with Gasteiger partial charge in [0.15, 0.2) is 0 Å². The molecule has 0 aliphatic rings. The second-order valence-electron chi connectivity index (χ2n) is 4.87. The van der Waals surface area contributed by atoms with Crippen LogP contribution in [0.2, 0.25) is 0 Å². The zero-order valence-corrected chi connectivity index (χ0v) is 18.0. The van der Waals surface area contributed by atoms with Crippen LogP contribution < -0.4 is 0 Å². The van der Waals surface area contributed by atoms with E-state index in [1.165, 1.54) is 11.8 Å². The molecule has 0 saturated heterocycles. The first kappa shape index (κ1) is 32.0. The summed E-state index contributed by atoms with van der Waals surface area (Å²) in [6, 6.07) is 0. The van der Waals surface area contributed by atoms with Crippen molar-refractivity contribution >= 4 is 17.7 Å². The number of carboxylic acids is 2. The molecule has 0 saturated carbocycles. The topological polar surface area (TPSA) is 98.2 Å². The maximum absolute atomic E-state index is 11.1. The number of Topliss-reactive ketones (excluding diaryl/α,β-unsaturated/α-hetero) is 1. The third kappa shape index (κ3) is 27.1. The second-order valence-corrected chi connectivity index (χ2v) is 4.87. The molecule has 0 amide bonds. The molecule has 0 radical (unpaired) electrons. The molecule has 0 unspecified atom stereocenters. The molecule has 0 aromatic heterocycles. The van der Waals surface area contributed by atoms with E-state index < -0.39 is 11.9 Å². The molecule has 156 valence electrons. The molecule has 0 aliphatic carbocycles. The highest BCUT2D eigenvalue weighted by Crippen LogP contribution is 1.98. The van der Waals surface area contributed by atoms with E-state index >= 15 is 0 Å². The minimum atomic E-state index is -1.02. The summed E-state index contributed by atoms with van der Waals surface area (Å²) in [6.07, 6.45) is 0. The van der Waals surface area contributed by atoms with Gasteiger partial charge in [0.25, 0.3) is 0 Å². The molecule has 0 aliphatic heterocycles. The number of ketones is 1. The Bertz CT molecular complexity index is 316. The minimum absolute atomic E-state index is 0.0419. The lowest BCUT2D eigenvalue weighted by molar-refractivity contribution is -0.140. The molecule has 0 rings (SSSR count). The molecular weight excluding hydrogens is 336 g/mol. The van der Waals surface area contributed by atoms with Crippen LogP contribution in [0, 0.1) is 0 Å². The quantitative estimate of drug-likeness (QED) is 0.535. The van der Waals surface area contributed by atoms with Crippen LogP contribution in [0.4, 0.5) is 0 Å². The van der Waals surface area contributed by atoms with Crippen LogP contribution in [0.3, 0.4) is 0 Å². The van der Waals surface area contributed by atoms with Crippen LogP contribution in [-0.2, 0) is 14.4 Å². The highest BCUT2D eigenvalue weighted by atomic mass is 16.4. The Morgan fingerprint density at radius 2 is 1.00 bits per heavy atom. The molecule has 7 heteroatoms. The van der Waals surface area contributed by atoms with Crippen LogP contribution in [0.5, 0.6) is 0 Å². The number of carboxylic acid groups (broad SMARTS) is 2. The van der Waals surface area contributed by atoms with Crippen molar-refractivity contribution in [2.45, 2.75) is 55.4 Å². The zero-order valence-electron chi connectivity index (χ0n) is 18.0. The number of hydrogen-bond acceptors (Lipinski definition) is 5. The summed E-state index contributed by atoms with van der Waals surface area (Å²) in [6.45, 7) is 19.7. The lowest BCUT2D eigenvalue weighted by atomic mass is 10.3. The van der Waals surface area contributed by atoms with Crippen LogP contribution in [0.1, 0.15) is 55.4 Å². The van der Waals surface area contributed by atoms with Crippen molar-refractivity contribution in [3.8, 4) is 0 Å². The Morgan fingerprint density at radius 1 is 0.692 bits per heavy atom. The van der Waals surface area contributed by atoms with Crippen LogP contribution in [0.15, 0.2) is 12.2 Å². The van der Waals surface area contributed by atoms with E-state index in [0.29, 0.717) is 19.6 Å².